The minimum absolute atomic E-state index is 0.203. The van der Waals surface area contributed by atoms with Crippen molar-refractivity contribution in [1.82, 2.24) is 5.32 Å². The Morgan fingerprint density at radius 2 is 0.792 bits per heavy atom. The molecular formula is C58H113NO13. The number of carbonyl (C=O) groups is 1. The van der Waals surface area contributed by atoms with E-state index in [2.05, 4.69) is 19.2 Å². The van der Waals surface area contributed by atoms with Crippen LogP contribution in [0.4, 0.5) is 0 Å². The molecule has 12 atom stereocenters. The number of unbranched alkanes of at least 4 members (excludes halogenated alkanes) is 36. The minimum Gasteiger partial charge on any atom is -0.394 e. The van der Waals surface area contributed by atoms with Gasteiger partial charge in [-0.2, -0.15) is 0 Å². The van der Waals surface area contributed by atoms with Gasteiger partial charge in [0.2, 0.25) is 5.91 Å². The summed E-state index contributed by atoms with van der Waals surface area (Å²) in [6, 6.07) is -0.822. The Bertz CT molecular complexity index is 1220. The van der Waals surface area contributed by atoms with Gasteiger partial charge in [-0.3, -0.25) is 4.79 Å². The van der Waals surface area contributed by atoms with Crippen LogP contribution in [-0.4, -0.2) is 140 Å². The number of rotatable bonds is 49. The monoisotopic (exact) mass is 1030 g/mol. The molecule has 14 heteroatoms. The number of aliphatic hydroxyl groups excluding tert-OH is 8. The largest absolute Gasteiger partial charge is 0.394 e. The van der Waals surface area contributed by atoms with Crippen LogP contribution >= 0.6 is 0 Å². The Morgan fingerprint density at radius 3 is 1.18 bits per heavy atom. The standard InChI is InChI=1S/C58H113NO13/c1-3-5-7-9-11-13-15-17-18-19-20-21-22-23-24-25-26-27-28-29-30-31-33-35-37-39-41-47(62)46(59-50(63)42-40-38-36-34-32-16-14-12-10-8-6-4-2)45-69-57-55(68)53(66)56(49(44-61)71-57)72-58-54(67)52(65)51(64)48(43-60)70-58/h46-49,51-58,60-62,64-68H,3-45H2,1-2H3,(H,59,63). The summed E-state index contributed by atoms with van der Waals surface area (Å²) in [5.74, 6) is -0.203. The maximum absolute atomic E-state index is 13.2. The molecule has 2 aliphatic rings. The first-order valence-electron chi connectivity index (χ1n) is 30.3. The summed E-state index contributed by atoms with van der Waals surface area (Å²) in [7, 11) is 0. The predicted octanol–water partition coefficient (Wildman–Crippen LogP) is 10.1. The average Bonchev–Trinajstić information content (AvgIpc) is 3.38. The first-order valence-corrected chi connectivity index (χ1v) is 30.3. The number of hydrogen-bond donors (Lipinski definition) is 9. The zero-order chi connectivity index (χ0) is 52.4. The van der Waals surface area contributed by atoms with E-state index in [-0.39, 0.29) is 12.5 Å². The van der Waals surface area contributed by atoms with E-state index in [1.165, 1.54) is 193 Å². The molecule has 2 aliphatic heterocycles. The van der Waals surface area contributed by atoms with Crippen molar-refractivity contribution in [2.45, 2.75) is 344 Å². The van der Waals surface area contributed by atoms with Gasteiger partial charge in [-0.25, -0.2) is 0 Å². The van der Waals surface area contributed by atoms with E-state index in [1.807, 2.05) is 0 Å². The van der Waals surface area contributed by atoms with Crippen LogP contribution in [0.5, 0.6) is 0 Å². The number of nitrogens with one attached hydrogen (secondary N) is 1. The number of aliphatic hydroxyl groups is 8. The Kier molecular flexibility index (Phi) is 42.0. The van der Waals surface area contributed by atoms with Crippen molar-refractivity contribution in [2.24, 2.45) is 0 Å². The van der Waals surface area contributed by atoms with Crippen molar-refractivity contribution in [3.8, 4) is 0 Å². The van der Waals surface area contributed by atoms with Gasteiger partial charge in [0.05, 0.1) is 32.0 Å². The smallest absolute Gasteiger partial charge is 0.220 e. The molecule has 0 aromatic rings. The van der Waals surface area contributed by atoms with Crippen LogP contribution in [0.25, 0.3) is 0 Å². The van der Waals surface area contributed by atoms with E-state index in [0.717, 1.165) is 51.4 Å². The van der Waals surface area contributed by atoms with Crippen molar-refractivity contribution in [1.29, 1.82) is 0 Å². The molecule has 0 spiro atoms. The molecule has 0 bridgehead atoms. The zero-order valence-corrected chi connectivity index (χ0v) is 46.0. The topological polar surface area (TPSA) is 228 Å². The third-order valence-corrected chi connectivity index (χ3v) is 15.3. The molecule has 0 aromatic heterocycles. The van der Waals surface area contributed by atoms with Crippen LogP contribution in [0.3, 0.4) is 0 Å². The quantitative estimate of drug-likeness (QED) is 0.0259. The molecule has 0 saturated carbocycles. The Labute approximate surface area is 438 Å². The number of carbonyl (C=O) groups excluding carboxylic acids is 1. The highest BCUT2D eigenvalue weighted by atomic mass is 16.7. The maximum Gasteiger partial charge on any atom is 0.220 e. The van der Waals surface area contributed by atoms with Crippen molar-refractivity contribution in [3.63, 3.8) is 0 Å². The van der Waals surface area contributed by atoms with Crippen LogP contribution in [0.15, 0.2) is 0 Å². The summed E-state index contributed by atoms with van der Waals surface area (Å²) in [5, 5.41) is 87.2. The molecule has 428 valence electrons. The molecule has 72 heavy (non-hydrogen) atoms. The van der Waals surface area contributed by atoms with Crippen LogP contribution in [0.2, 0.25) is 0 Å². The maximum atomic E-state index is 13.2. The van der Waals surface area contributed by atoms with Crippen LogP contribution < -0.4 is 5.32 Å². The van der Waals surface area contributed by atoms with Gasteiger partial charge < -0.3 is 65.1 Å². The predicted molar refractivity (Wildman–Crippen MR) is 286 cm³/mol. The van der Waals surface area contributed by atoms with E-state index >= 15 is 0 Å². The van der Waals surface area contributed by atoms with E-state index in [9.17, 15) is 45.6 Å². The summed E-state index contributed by atoms with van der Waals surface area (Å²) in [6.07, 6.45) is 32.6. The molecule has 2 rings (SSSR count). The fourth-order valence-electron chi connectivity index (χ4n) is 10.4. The number of ether oxygens (including phenoxy) is 4. The van der Waals surface area contributed by atoms with Gasteiger partial charge >= 0.3 is 0 Å². The fraction of sp³-hybridized carbons (Fsp3) is 0.983. The van der Waals surface area contributed by atoms with Gasteiger partial charge in [0.1, 0.15) is 48.8 Å². The van der Waals surface area contributed by atoms with Crippen LogP contribution in [0, 0.1) is 0 Å². The first kappa shape index (κ1) is 67.1. The Balaban J connectivity index is 1.69. The second-order valence-electron chi connectivity index (χ2n) is 21.8. The summed E-state index contributed by atoms with van der Waals surface area (Å²) in [6.45, 7) is 2.88. The molecule has 9 N–H and O–H groups in total. The van der Waals surface area contributed by atoms with Crippen molar-refractivity contribution < 1.29 is 64.6 Å². The lowest BCUT2D eigenvalue weighted by atomic mass is 9.97. The molecule has 2 saturated heterocycles. The highest BCUT2D eigenvalue weighted by Gasteiger charge is 2.51. The average molecular weight is 1030 g/mol. The lowest BCUT2D eigenvalue weighted by Gasteiger charge is -2.46. The minimum atomic E-state index is -1.78. The van der Waals surface area contributed by atoms with Crippen LogP contribution in [-0.2, 0) is 23.7 Å². The lowest BCUT2D eigenvalue weighted by molar-refractivity contribution is -0.359. The zero-order valence-electron chi connectivity index (χ0n) is 46.0. The van der Waals surface area contributed by atoms with E-state index in [4.69, 9.17) is 18.9 Å². The van der Waals surface area contributed by atoms with Crippen molar-refractivity contribution in [2.75, 3.05) is 19.8 Å². The molecule has 2 heterocycles. The molecule has 2 fully saturated rings. The van der Waals surface area contributed by atoms with E-state index < -0.39 is 86.8 Å². The number of amides is 1. The molecule has 0 aliphatic carbocycles. The Morgan fingerprint density at radius 1 is 0.444 bits per heavy atom. The summed E-state index contributed by atoms with van der Waals surface area (Å²) < 4.78 is 22.8. The number of hydrogen-bond acceptors (Lipinski definition) is 13. The summed E-state index contributed by atoms with van der Waals surface area (Å²) >= 11 is 0. The molecule has 12 unspecified atom stereocenters. The molecule has 1 amide bonds. The molecule has 14 nitrogen and oxygen atoms in total. The van der Waals surface area contributed by atoms with Gasteiger partial charge in [-0.05, 0) is 12.8 Å². The molecular weight excluding hydrogens is 919 g/mol. The van der Waals surface area contributed by atoms with Gasteiger partial charge in [0, 0.05) is 6.42 Å². The van der Waals surface area contributed by atoms with E-state index in [1.54, 1.807) is 0 Å². The fourth-order valence-corrected chi connectivity index (χ4v) is 10.4. The SMILES string of the molecule is CCCCCCCCCCCCCCCCCCCCCCCCCCCCC(O)C(COC1OC(CO)C(OC2OC(CO)C(O)C(O)C2O)C(O)C1O)NC(=O)CCCCCCCCCCCCCC. The van der Waals surface area contributed by atoms with Gasteiger partial charge in [0.25, 0.3) is 0 Å². The van der Waals surface area contributed by atoms with Gasteiger partial charge in [0.15, 0.2) is 12.6 Å². The molecule has 0 aromatic carbocycles. The van der Waals surface area contributed by atoms with Gasteiger partial charge in [-0.1, -0.05) is 251 Å². The highest BCUT2D eigenvalue weighted by molar-refractivity contribution is 5.76. The second-order valence-corrected chi connectivity index (χ2v) is 21.8. The third kappa shape index (κ3) is 30.7. The third-order valence-electron chi connectivity index (χ3n) is 15.3. The van der Waals surface area contributed by atoms with Crippen molar-refractivity contribution >= 4 is 5.91 Å². The Hall–Kier alpha value is -1.01. The lowest BCUT2D eigenvalue weighted by Crippen LogP contribution is -2.65. The highest BCUT2D eigenvalue weighted by Crippen LogP contribution is 2.30. The van der Waals surface area contributed by atoms with Crippen LogP contribution in [0.1, 0.15) is 271 Å². The van der Waals surface area contributed by atoms with Gasteiger partial charge in [-0.15, -0.1) is 0 Å². The second kappa shape index (κ2) is 45.1. The molecule has 0 radical (unpaired) electrons. The first-order chi connectivity index (χ1) is 35.1. The summed E-state index contributed by atoms with van der Waals surface area (Å²) in [4.78, 5) is 13.2. The normalized spacial score (nSPS) is 25.5. The summed E-state index contributed by atoms with van der Waals surface area (Å²) in [5.41, 5.74) is 0. The van der Waals surface area contributed by atoms with Crippen molar-refractivity contribution in [3.05, 3.63) is 0 Å². The van der Waals surface area contributed by atoms with E-state index in [0.29, 0.717) is 12.8 Å².